The highest BCUT2D eigenvalue weighted by molar-refractivity contribution is 6.30. The topological polar surface area (TPSA) is 93.5 Å². The van der Waals surface area contributed by atoms with Crippen LogP contribution in [0.3, 0.4) is 0 Å². The summed E-state index contributed by atoms with van der Waals surface area (Å²) in [5.41, 5.74) is -0.201. The lowest BCUT2D eigenvalue weighted by Gasteiger charge is -2.22. The summed E-state index contributed by atoms with van der Waals surface area (Å²) in [7, 11) is 0. The normalized spacial score (nSPS) is 17.3. The van der Waals surface area contributed by atoms with E-state index in [1.807, 2.05) is 0 Å². The number of rotatable bonds is 8. The van der Waals surface area contributed by atoms with Gasteiger partial charge in [-0.05, 0) is 50.4 Å². The van der Waals surface area contributed by atoms with Gasteiger partial charge in [-0.25, -0.2) is 0 Å². The molecule has 1 amide bonds. The zero-order valence-corrected chi connectivity index (χ0v) is 14.2. The average molecular weight is 356 g/mol. The maximum absolute atomic E-state index is 11.8. The quantitative estimate of drug-likeness (QED) is 0.552. The number of nitrogens with zero attached hydrogens (tertiary/aromatic N) is 1. The van der Waals surface area contributed by atoms with Gasteiger partial charge in [0.05, 0.1) is 18.0 Å². The Balaban J connectivity index is 1.68. The molecule has 7 nitrogen and oxygen atoms in total. The highest BCUT2D eigenvalue weighted by Gasteiger charge is 2.16. The lowest BCUT2D eigenvalue weighted by atomic mass is 9.96. The van der Waals surface area contributed by atoms with Gasteiger partial charge < -0.3 is 15.4 Å². The summed E-state index contributed by atoms with van der Waals surface area (Å²) in [6, 6.07) is 4.19. The van der Waals surface area contributed by atoms with E-state index in [-0.39, 0.29) is 35.4 Å². The van der Waals surface area contributed by atoms with Crippen LogP contribution in [0.5, 0.6) is 5.75 Å². The summed E-state index contributed by atoms with van der Waals surface area (Å²) in [6.07, 6.45) is 3.50. The Hall–Kier alpha value is -1.86. The molecule has 1 heterocycles. The van der Waals surface area contributed by atoms with Crippen molar-refractivity contribution in [3.05, 3.63) is 33.3 Å². The maximum atomic E-state index is 11.8. The van der Waals surface area contributed by atoms with Gasteiger partial charge in [-0.2, -0.15) is 0 Å². The van der Waals surface area contributed by atoms with Crippen LogP contribution in [0.15, 0.2) is 18.2 Å². The highest BCUT2D eigenvalue weighted by Crippen LogP contribution is 2.29. The number of amides is 1. The largest absolute Gasteiger partial charge is 0.486 e. The van der Waals surface area contributed by atoms with Crippen LogP contribution in [0.4, 0.5) is 5.69 Å². The Kier molecular flexibility index (Phi) is 7.27. The second-order valence-corrected chi connectivity index (χ2v) is 6.26. The average Bonchev–Trinajstić information content (AvgIpc) is 2.57. The van der Waals surface area contributed by atoms with E-state index in [0.717, 1.165) is 19.5 Å². The molecule has 24 heavy (non-hydrogen) atoms. The fourth-order valence-corrected chi connectivity index (χ4v) is 2.85. The van der Waals surface area contributed by atoms with Crippen LogP contribution in [-0.2, 0) is 4.79 Å². The molecule has 8 heteroatoms. The number of halogens is 1. The molecule has 1 unspecified atom stereocenters. The molecule has 2 N–H and O–H groups in total. The number of piperidine rings is 1. The molecule has 1 saturated heterocycles. The molecule has 1 fully saturated rings. The molecule has 0 saturated carbocycles. The minimum atomic E-state index is -0.556. The van der Waals surface area contributed by atoms with E-state index < -0.39 is 4.92 Å². The Morgan fingerprint density at radius 2 is 2.33 bits per heavy atom. The summed E-state index contributed by atoms with van der Waals surface area (Å²) in [6.45, 7) is 2.82. The molecular formula is C16H22ClN3O4. The fourth-order valence-electron chi connectivity index (χ4n) is 2.68. The Labute approximate surface area is 145 Å². The van der Waals surface area contributed by atoms with E-state index in [4.69, 9.17) is 16.3 Å². The number of ether oxygens (including phenoxy) is 1. The van der Waals surface area contributed by atoms with Crippen molar-refractivity contribution in [1.29, 1.82) is 0 Å². The number of hydrogen-bond donors (Lipinski definition) is 2. The van der Waals surface area contributed by atoms with Crippen molar-refractivity contribution in [3.63, 3.8) is 0 Å². The van der Waals surface area contributed by atoms with Gasteiger partial charge in [-0.1, -0.05) is 11.6 Å². The van der Waals surface area contributed by atoms with Crippen LogP contribution >= 0.6 is 11.6 Å². The summed E-state index contributed by atoms with van der Waals surface area (Å²) in [4.78, 5) is 22.2. The maximum Gasteiger partial charge on any atom is 0.312 e. The first kappa shape index (κ1) is 18.5. The lowest BCUT2D eigenvalue weighted by Crippen LogP contribution is -2.33. The van der Waals surface area contributed by atoms with E-state index >= 15 is 0 Å². The monoisotopic (exact) mass is 355 g/mol. The standard InChI is InChI=1S/C16H22ClN3O4/c17-13-3-4-15(14(10-13)20(22)23)24-9-6-16(21)19-8-5-12-2-1-7-18-11-12/h3-4,10,12,18H,1-2,5-9,11H2,(H,19,21). The predicted molar refractivity (Wildman–Crippen MR) is 91.4 cm³/mol. The van der Waals surface area contributed by atoms with Gasteiger partial charge >= 0.3 is 5.69 Å². The highest BCUT2D eigenvalue weighted by atomic mass is 35.5. The van der Waals surface area contributed by atoms with Gasteiger partial charge in [0, 0.05) is 17.6 Å². The number of nitro groups is 1. The van der Waals surface area contributed by atoms with Crippen LogP contribution in [-0.4, -0.2) is 37.1 Å². The predicted octanol–water partition coefficient (Wildman–Crippen LogP) is 2.52. The number of benzene rings is 1. The molecule has 0 aromatic heterocycles. The zero-order chi connectivity index (χ0) is 17.4. The van der Waals surface area contributed by atoms with Crippen LogP contribution < -0.4 is 15.4 Å². The molecule has 1 atom stereocenters. The smallest absolute Gasteiger partial charge is 0.312 e. The third kappa shape index (κ3) is 5.98. The minimum Gasteiger partial charge on any atom is -0.486 e. The first-order valence-electron chi connectivity index (χ1n) is 8.10. The summed E-state index contributed by atoms with van der Waals surface area (Å²) in [5, 5.41) is 17.4. The molecule has 0 aliphatic carbocycles. The molecule has 1 aromatic rings. The van der Waals surface area contributed by atoms with Gasteiger partial charge in [-0.15, -0.1) is 0 Å². The van der Waals surface area contributed by atoms with E-state index in [9.17, 15) is 14.9 Å². The third-order valence-corrected chi connectivity index (χ3v) is 4.21. The Morgan fingerprint density at radius 1 is 1.50 bits per heavy atom. The number of nitro benzene ring substituents is 1. The van der Waals surface area contributed by atoms with E-state index in [0.29, 0.717) is 12.5 Å². The van der Waals surface area contributed by atoms with Crippen LogP contribution in [0.1, 0.15) is 25.7 Å². The molecule has 132 valence electrons. The summed E-state index contributed by atoms with van der Waals surface area (Å²) in [5.74, 6) is 0.618. The number of nitrogens with one attached hydrogen (secondary N) is 2. The van der Waals surface area contributed by atoms with Crippen molar-refractivity contribution in [3.8, 4) is 5.75 Å². The van der Waals surface area contributed by atoms with Crippen molar-refractivity contribution in [2.75, 3.05) is 26.2 Å². The van der Waals surface area contributed by atoms with Crippen molar-refractivity contribution in [2.24, 2.45) is 5.92 Å². The van der Waals surface area contributed by atoms with Gasteiger partial charge in [0.2, 0.25) is 5.91 Å². The summed E-state index contributed by atoms with van der Waals surface area (Å²) >= 11 is 5.74. The summed E-state index contributed by atoms with van der Waals surface area (Å²) < 4.78 is 5.35. The molecule has 1 aromatic carbocycles. The second kappa shape index (κ2) is 9.44. The van der Waals surface area contributed by atoms with Crippen molar-refractivity contribution >= 4 is 23.2 Å². The van der Waals surface area contributed by atoms with E-state index in [1.165, 1.54) is 31.0 Å². The van der Waals surface area contributed by atoms with E-state index in [2.05, 4.69) is 10.6 Å². The second-order valence-electron chi connectivity index (χ2n) is 5.82. The van der Waals surface area contributed by atoms with Crippen LogP contribution in [0.25, 0.3) is 0 Å². The Morgan fingerprint density at radius 3 is 3.04 bits per heavy atom. The van der Waals surface area contributed by atoms with E-state index in [1.54, 1.807) is 0 Å². The minimum absolute atomic E-state index is 0.0826. The third-order valence-electron chi connectivity index (χ3n) is 3.98. The fraction of sp³-hybridized carbons (Fsp3) is 0.562. The molecular weight excluding hydrogens is 334 g/mol. The molecule has 0 radical (unpaired) electrons. The molecule has 1 aliphatic heterocycles. The number of hydrogen-bond acceptors (Lipinski definition) is 5. The van der Waals surface area contributed by atoms with Crippen LogP contribution in [0, 0.1) is 16.0 Å². The van der Waals surface area contributed by atoms with Gasteiger partial charge in [0.1, 0.15) is 0 Å². The van der Waals surface area contributed by atoms with Gasteiger partial charge in [-0.3, -0.25) is 14.9 Å². The first-order chi connectivity index (χ1) is 11.6. The lowest BCUT2D eigenvalue weighted by molar-refractivity contribution is -0.385. The SMILES string of the molecule is O=C(CCOc1ccc(Cl)cc1[N+](=O)[O-])NCCC1CCCNC1. The number of carbonyl (C=O) groups is 1. The number of carbonyl (C=O) groups excluding carboxylic acids is 1. The molecule has 1 aliphatic rings. The molecule has 0 spiro atoms. The Bertz CT molecular complexity index is 576. The van der Waals surface area contributed by atoms with Gasteiger partial charge in [0.15, 0.2) is 5.75 Å². The van der Waals surface area contributed by atoms with Crippen molar-refractivity contribution in [2.45, 2.75) is 25.7 Å². The van der Waals surface area contributed by atoms with Crippen LogP contribution in [0.2, 0.25) is 5.02 Å². The first-order valence-corrected chi connectivity index (χ1v) is 8.48. The zero-order valence-electron chi connectivity index (χ0n) is 13.4. The molecule has 0 bridgehead atoms. The van der Waals surface area contributed by atoms with Crippen molar-refractivity contribution < 1.29 is 14.5 Å². The van der Waals surface area contributed by atoms with Crippen molar-refractivity contribution in [1.82, 2.24) is 10.6 Å². The van der Waals surface area contributed by atoms with Gasteiger partial charge in [0.25, 0.3) is 0 Å². The molecule has 2 rings (SSSR count).